The molecule has 34 heavy (non-hydrogen) atoms. The van der Waals surface area contributed by atoms with E-state index in [1.165, 1.54) is 0 Å². The third-order valence-electron chi connectivity index (χ3n) is 3.99. The van der Waals surface area contributed by atoms with Crippen LogP contribution in [0.4, 0.5) is 70.2 Å². The summed E-state index contributed by atoms with van der Waals surface area (Å²) < 4.78 is 223. The zero-order valence-corrected chi connectivity index (χ0v) is 14.6. The normalized spacial score (nSPS) is 24.7. The van der Waals surface area contributed by atoms with E-state index in [1.807, 2.05) is 0 Å². The minimum atomic E-state index is -8.09. The molecule has 1 saturated heterocycles. The number of ether oxygens (including phenoxy) is 2. The zero-order valence-electron chi connectivity index (χ0n) is 14.6. The third-order valence-corrected chi connectivity index (χ3v) is 3.99. The van der Waals surface area contributed by atoms with Crippen LogP contribution < -0.4 is 0 Å². The zero-order chi connectivity index (χ0) is 26.0. The van der Waals surface area contributed by atoms with Crippen LogP contribution in [0.1, 0.15) is 14.9 Å². The summed E-state index contributed by atoms with van der Waals surface area (Å²) in [5.41, 5.74) is -7.47. The first-order valence-corrected chi connectivity index (χ1v) is 7.34. The first-order chi connectivity index (χ1) is 13.8. The van der Waals surface area contributed by atoms with E-state index in [9.17, 15) is 75.0 Å². The number of likely N-dealkylation sites (tertiary alicyclic amines) is 1. The summed E-state index contributed by atoms with van der Waals surface area (Å²) in [5.74, 6) is -27.8. The SMILES string of the molecule is C.C.COCCOC(=O)C(F)(C(F)(F)F)C(F)(F)N1C(F)(F)C(F)(F)C(F)(F)C(F)(F)C1(F)F. The molecule has 0 spiro atoms. The van der Waals surface area contributed by atoms with Crippen LogP contribution in [0, 0.1) is 0 Å². The Morgan fingerprint density at radius 2 is 1.06 bits per heavy atom. The van der Waals surface area contributed by atoms with Crippen molar-refractivity contribution in [1.29, 1.82) is 0 Å². The average molecular weight is 549 g/mol. The van der Waals surface area contributed by atoms with Crippen LogP contribution >= 0.6 is 0 Å². The number of rotatable bonds is 6. The molecule has 0 amide bonds. The van der Waals surface area contributed by atoms with Crippen molar-refractivity contribution in [2.24, 2.45) is 0 Å². The van der Waals surface area contributed by atoms with Crippen LogP contribution in [0.2, 0.25) is 0 Å². The van der Waals surface area contributed by atoms with Gasteiger partial charge in [0, 0.05) is 7.11 Å². The summed E-state index contributed by atoms with van der Waals surface area (Å²) in [4.78, 5) is 6.85. The third kappa shape index (κ3) is 3.93. The Bertz CT molecular complexity index is 707. The number of halogens is 16. The van der Waals surface area contributed by atoms with Gasteiger partial charge in [0.1, 0.15) is 6.61 Å². The van der Waals surface area contributed by atoms with E-state index in [1.54, 1.807) is 0 Å². The van der Waals surface area contributed by atoms with E-state index >= 15 is 0 Å². The summed E-state index contributed by atoms with van der Waals surface area (Å²) in [7, 11) is 0.730. The van der Waals surface area contributed by atoms with Gasteiger partial charge < -0.3 is 9.47 Å². The molecule has 1 fully saturated rings. The number of nitrogens with zero attached hydrogens (tertiary/aromatic N) is 1. The minimum Gasteiger partial charge on any atom is -0.460 e. The van der Waals surface area contributed by atoms with Gasteiger partial charge in [-0.15, -0.1) is 4.90 Å². The Balaban J connectivity index is 0. The molecule has 0 bridgehead atoms. The van der Waals surface area contributed by atoms with Gasteiger partial charge in [0.25, 0.3) is 0 Å². The number of hydrogen-bond donors (Lipinski definition) is 0. The fraction of sp³-hybridized carbons (Fsp3) is 0.929. The van der Waals surface area contributed by atoms with Gasteiger partial charge in [-0.1, -0.05) is 14.9 Å². The summed E-state index contributed by atoms with van der Waals surface area (Å²) in [6.07, 6.45) is -7.59. The first-order valence-electron chi connectivity index (χ1n) is 7.34. The number of hydrogen-bond acceptors (Lipinski definition) is 4. The predicted octanol–water partition coefficient (Wildman–Crippen LogP) is 5.72. The van der Waals surface area contributed by atoms with Crippen molar-refractivity contribution in [3.63, 3.8) is 0 Å². The summed E-state index contributed by atoms with van der Waals surface area (Å²) >= 11 is 0. The summed E-state index contributed by atoms with van der Waals surface area (Å²) in [6.45, 7) is -2.60. The van der Waals surface area contributed by atoms with Crippen molar-refractivity contribution >= 4 is 5.97 Å². The molecule has 1 atom stereocenters. The smallest absolute Gasteiger partial charge is 0.441 e. The van der Waals surface area contributed by atoms with Crippen LogP contribution in [-0.2, 0) is 14.3 Å². The van der Waals surface area contributed by atoms with Gasteiger partial charge in [0.15, 0.2) is 0 Å². The van der Waals surface area contributed by atoms with Crippen molar-refractivity contribution in [3.05, 3.63) is 0 Å². The van der Waals surface area contributed by atoms with Gasteiger partial charge in [-0.3, -0.25) is 0 Å². The molecular weight excluding hydrogens is 534 g/mol. The number of alkyl halides is 16. The van der Waals surface area contributed by atoms with E-state index in [2.05, 4.69) is 9.47 Å². The number of carbonyl (C=O) groups excluding carboxylic acids is 1. The van der Waals surface area contributed by atoms with E-state index in [0.717, 1.165) is 7.11 Å². The number of piperidine rings is 1. The molecule has 4 nitrogen and oxygen atoms in total. The summed E-state index contributed by atoms with van der Waals surface area (Å²) in [6, 6.07) is -24.1. The Morgan fingerprint density at radius 1 is 0.706 bits per heavy atom. The van der Waals surface area contributed by atoms with Crippen LogP contribution in [-0.4, -0.2) is 78.9 Å². The molecule has 0 radical (unpaired) electrons. The van der Waals surface area contributed by atoms with Crippen LogP contribution in [0.25, 0.3) is 0 Å². The quantitative estimate of drug-likeness (QED) is 0.184. The molecule has 0 N–H and O–H groups in total. The van der Waals surface area contributed by atoms with Crippen molar-refractivity contribution in [3.8, 4) is 0 Å². The maximum atomic E-state index is 14.3. The molecule has 0 saturated carbocycles. The topological polar surface area (TPSA) is 38.8 Å². The Morgan fingerprint density at radius 3 is 1.35 bits per heavy atom. The van der Waals surface area contributed by atoms with Gasteiger partial charge in [0.2, 0.25) is 0 Å². The standard InChI is InChI=1S/C12H7F16NO3.2CH4/c1-31-2-3-32-4(30)5(13,9(20,21)22)10(23,24)29-11(25,26)7(16,17)6(14,15)8(18,19)12(29,27)28;;/h2-3H2,1H3;2*1H4. The van der Waals surface area contributed by atoms with Gasteiger partial charge in [-0.2, -0.15) is 65.9 Å². The lowest BCUT2D eigenvalue weighted by atomic mass is 9.90. The summed E-state index contributed by atoms with van der Waals surface area (Å²) in [5, 5.41) is 0. The van der Waals surface area contributed by atoms with Crippen molar-refractivity contribution in [2.75, 3.05) is 20.3 Å². The van der Waals surface area contributed by atoms with Crippen LogP contribution in [0.3, 0.4) is 0 Å². The van der Waals surface area contributed by atoms with Crippen molar-refractivity contribution in [1.82, 2.24) is 4.90 Å². The lowest BCUT2D eigenvalue weighted by molar-refractivity contribution is -0.546. The highest BCUT2D eigenvalue weighted by atomic mass is 19.4. The number of esters is 1. The molecule has 0 aliphatic carbocycles. The molecule has 0 aromatic heterocycles. The Kier molecular flexibility index (Phi) is 9.17. The molecule has 0 aromatic carbocycles. The second-order valence-electron chi connectivity index (χ2n) is 5.97. The van der Waals surface area contributed by atoms with Crippen LogP contribution in [0.15, 0.2) is 0 Å². The van der Waals surface area contributed by atoms with E-state index in [-0.39, 0.29) is 14.9 Å². The van der Waals surface area contributed by atoms with Gasteiger partial charge in [0.05, 0.1) is 6.61 Å². The molecule has 1 aliphatic heterocycles. The monoisotopic (exact) mass is 549 g/mol. The van der Waals surface area contributed by atoms with Gasteiger partial charge >= 0.3 is 53.7 Å². The highest BCUT2D eigenvalue weighted by Crippen LogP contribution is 2.68. The fourth-order valence-corrected chi connectivity index (χ4v) is 2.27. The lowest BCUT2D eigenvalue weighted by Crippen LogP contribution is -2.87. The van der Waals surface area contributed by atoms with Crippen LogP contribution in [0.5, 0.6) is 0 Å². The maximum Gasteiger partial charge on any atom is 0.441 e. The number of methoxy groups -OCH3 is 1. The molecule has 1 rings (SSSR count). The largest absolute Gasteiger partial charge is 0.460 e. The first kappa shape index (κ1) is 34.4. The Hall–Kier alpha value is -1.73. The number of carbonyl (C=O) groups is 1. The minimum absolute atomic E-state index is 0. The highest BCUT2D eigenvalue weighted by molar-refractivity contribution is 5.82. The second kappa shape index (κ2) is 9.05. The maximum absolute atomic E-state index is 14.3. The highest BCUT2D eigenvalue weighted by Gasteiger charge is 3.00. The van der Waals surface area contributed by atoms with Crippen molar-refractivity contribution in [2.45, 2.75) is 62.6 Å². The fourth-order valence-electron chi connectivity index (χ4n) is 2.27. The Labute approximate surface area is 179 Å². The molecule has 1 unspecified atom stereocenters. The molecule has 20 heteroatoms. The molecule has 1 heterocycles. The van der Waals surface area contributed by atoms with Gasteiger partial charge in [-0.25, -0.2) is 9.18 Å². The molecule has 206 valence electrons. The van der Waals surface area contributed by atoms with E-state index in [4.69, 9.17) is 0 Å². The average Bonchev–Trinajstić information content (AvgIpc) is 2.57. The van der Waals surface area contributed by atoms with E-state index < -0.39 is 71.8 Å². The lowest BCUT2D eigenvalue weighted by Gasteiger charge is -2.54. The predicted molar refractivity (Wildman–Crippen MR) is 77.7 cm³/mol. The molecule has 1 aliphatic rings. The molecule has 0 aromatic rings. The molecular formula is C14H15F16NO3. The van der Waals surface area contributed by atoms with Gasteiger partial charge in [-0.05, 0) is 0 Å². The van der Waals surface area contributed by atoms with Crippen molar-refractivity contribution < 1.29 is 84.5 Å². The second-order valence-corrected chi connectivity index (χ2v) is 5.97. The van der Waals surface area contributed by atoms with E-state index in [0.29, 0.717) is 0 Å².